The van der Waals surface area contributed by atoms with Crippen LogP contribution in [0.15, 0.2) is 30.3 Å². The molecule has 3 aliphatic rings. The van der Waals surface area contributed by atoms with Crippen LogP contribution in [0, 0.1) is 17.8 Å². The van der Waals surface area contributed by atoms with Crippen LogP contribution in [0.1, 0.15) is 59.3 Å². The van der Waals surface area contributed by atoms with Gasteiger partial charge in [-0.25, -0.2) is 0 Å². The third kappa shape index (κ3) is 4.84. The van der Waals surface area contributed by atoms with Crippen LogP contribution in [0.25, 0.3) is 0 Å². The first-order valence-electron chi connectivity index (χ1n) is 13.1. The number of carbonyl (C=O) groups is 3. The van der Waals surface area contributed by atoms with Gasteiger partial charge in [0.1, 0.15) is 6.04 Å². The summed E-state index contributed by atoms with van der Waals surface area (Å²) in [6, 6.07) is 8.21. The first kappa shape index (κ1) is 26.0. The van der Waals surface area contributed by atoms with Gasteiger partial charge >= 0.3 is 0 Å². The van der Waals surface area contributed by atoms with Crippen molar-refractivity contribution in [2.24, 2.45) is 17.8 Å². The molecule has 2 unspecified atom stereocenters. The molecule has 3 fully saturated rings. The van der Waals surface area contributed by atoms with E-state index >= 15 is 0 Å². The lowest BCUT2D eigenvalue weighted by atomic mass is 9.70. The summed E-state index contributed by atoms with van der Waals surface area (Å²) in [5.74, 6) is -1.23. The van der Waals surface area contributed by atoms with Gasteiger partial charge in [0.25, 0.3) is 0 Å². The molecule has 1 aromatic rings. The number of rotatable bonds is 11. The molecule has 192 valence electrons. The highest BCUT2D eigenvalue weighted by molar-refractivity contribution is 8.02. The van der Waals surface area contributed by atoms with Gasteiger partial charge in [-0.3, -0.25) is 14.4 Å². The number of nitrogens with one attached hydrogen (secondary N) is 2. The fourth-order valence-electron chi connectivity index (χ4n) is 6.33. The first-order chi connectivity index (χ1) is 16.8. The van der Waals surface area contributed by atoms with Gasteiger partial charge in [0.05, 0.1) is 29.2 Å². The molecule has 3 N–H and O–H groups in total. The van der Waals surface area contributed by atoms with Crippen LogP contribution < -0.4 is 10.6 Å². The molecule has 2 bridgehead atoms. The van der Waals surface area contributed by atoms with Crippen molar-refractivity contribution in [3.05, 3.63) is 30.3 Å². The number of benzene rings is 1. The predicted octanol–water partition coefficient (Wildman–Crippen LogP) is 3.43. The summed E-state index contributed by atoms with van der Waals surface area (Å²) >= 11 is 1.67. The molecule has 3 amide bonds. The van der Waals surface area contributed by atoms with Crippen molar-refractivity contribution in [3.8, 4) is 0 Å². The number of carbonyl (C=O) groups excluding carboxylic acids is 3. The van der Waals surface area contributed by atoms with E-state index in [2.05, 4.69) is 31.4 Å². The van der Waals surface area contributed by atoms with Crippen molar-refractivity contribution in [1.29, 1.82) is 0 Å². The Morgan fingerprint density at radius 3 is 2.60 bits per heavy atom. The molecule has 1 aromatic carbocycles. The Morgan fingerprint density at radius 2 is 1.94 bits per heavy atom. The number of thioether (sulfide) groups is 1. The van der Waals surface area contributed by atoms with E-state index in [1.165, 1.54) is 0 Å². The van der Waals surface area contributed by atoms with Crippen molar-refractivity contribution in [2.45, 2.75) is 81.4 Å². The van der Waals surface area contributed by atoms with E-state index < -0.39 is 28.7 Å². The number of amides is 3. The average molecular weight is 502 g/mol. The fourth-order valence-corrected chi connectivity index (χ4v) is 8.54. The third-order valence-corrected chi connectivity index (χ3v) is 9.71. The van der Waals surface area contributed by atoms with Gasteiger partial charge < -0.3 is 20.6 Å². The lowest BCUT2D eigenvalue weighted by Crippen LogP contribution is -2.56. The molecule has 3 aliphatic heterocycles. The maximum Gasteiger partial charge on any atom is 0.244 e. The second-order valence-electron chi connectivity index (χ2n) is 10.6. The molecule has 3 heterocycles. The van der Waals surface area contributed by atoms with Gasteiger partial charge in [-0.2, -0.15) is 0 Å². The minimum atomic E-state index is -0.665. The Balaban J connectivity index is 1.65. The van der Waals surface area contributed by atoms with Gasteiger partial charge in [0, 0.05) is 17.5 Å². The molecule has 8 heteroatoms. The molecule has 0 aliphatic carbocycles. The molecular weight excluding hydrogens is 462 g/mol. The van der Waals surface area contributed by atoms with E-state index in [1.807, 2.05) is 30.3 Å². The number of para-hydroxylation sites is 1. The predicted molar refractivity (Wildman–Crippen MR) is 139 cm³/mol. The second-order valence-corrected chi connectivity index (χ2v) is 12.2. The summed E-state index contributed by atoms with van der Waals surface area (Å²) < 4.78 is -0.625. The number of aliphatic hydroxyl groups excluding tert-OH is 1. The first-order valence-corrected chi connectivity index (χ1v) is 14.0. The summed E-state index contributed by atoms with van der Waals surface area (Å²) in [5.41, 5.74) is 0.708. The Bertz CT molecular complexity index is 926. The van der Waals surface area contributed by atoms with Crippen LogP contribution in [0.4, 0.5) is 5.69 Å². The van der Waals surface area contributed by atoms with Crippen LogP contribution >= 0.6 is 11.8 Å². The number of aliphatic hydroxyl groups is 1. The second kappa shape index (κ2) is 10.9. The summed E-state index contributed by atoms with van der Waals surface area (Å²) in [6.45, 7) is 6.61. The zero-order valence-electron chi connectivity index (χ0n) is 21.0. The smallest absolute Gasteiger partial charge is 0.244 e. The molecule has 0 radical (unpaired) electrons. The monoisotopic (exact) mass is 501 g/mol. The van der Waals surface area contributed by atoms with Crippen LogP contribution in [0.5, 0.6) is 0 Å². The molecular formula is C27H39N3O4S. The third-order valence-electron chi connectivity index (χ3n) is 7.76. The molecule has 7 nitrogen and oxygen atoms in total. The molecule has 4 rings (SSSR count). The Morgan fingerprint density at radius 1 is 1.20 bits per heavy atom. The van der Waals surface area contributed by atoms with Crippen molar-refractivity contribution >= 4 is 35.2 Å². The minimum Gasteiger partial charge on any atom is -0.394 e. The topological polar surface area (TPSA) is 98.7 Å². The van der Waals surface area contributed by atoms with E-state index in [1.54, 1.807) is 16.7 Å². The Hall–Kier alpha value is -2.06. The van der Waals surface area contributed by atoms with Crippen LogP contribution in [0.2, 0.25) is 0 Å². The quantitative estimate of drug-likeness (QED) is 0.404. The van der Waals surface area contributed by atoms with Crippen molar-refractivity contribution in [1.82, 2.24) is 10.2 Å². The van der Waals surface area contributed by atoms with Crippen LogP contribution in [0.3, 0.4) is 0 Å². The number of hydrogen-bond donors (Lipinski definition) is 3. The molecule has 0 aromatic heterocycles. The Labute approximate surface area is 212 Å². The summed E-state index contributed by atoms with van der Waals surface area (Å²) in [6.07, 6.45) is 5.14. The lowest BCUT2D eigenvalue weighted by Gasteiger charge is -2.37. The number of fused-ring (bicyclic) bond motifs is 1. The van der Waals surface area contributed by atoms with E-state index in [0.29, 0.717) is 18.7 Å². The van der Waals surface area contributed by atoms with Gasteiger partial charge in [0.15, 0.2) is 0 Å². The summed E-state index contributed by atoms with van der Waals surface area (Å²) in [5, 5.41) is 16.4. The maximum absolute atomic E-state index is 14.1. The Kier molecular flexibility index (Phi) is 8.11. The van der Waals surface area contributed by atoms with Crippen molar-refractivity contribution in [3.63, 3.8) is 0 Å². The highest BCUT2D eigenvalue weighted by Gasteiger charge is 2.74. The lowest BCUT2D eigenvalue weighted by molar-refractivity contribution is -0.142. The highest BCUT2D eigenvalue weighted by Crippen LogP contribution is 2.66. The van der Waals surface area contributed by atoms with Crippen LogP contribution in [-0.4, -0.2) is 63.0 Å². The summed E-state index contributed by atoms with van der Waals surface area (Å²) in [7, 11) is 0. The van der Waals surface area contributed by atoms with Crippen LogP contribution in [-0.2, 0) is 14.4 Å². The van der Waals surface area contributed by atoms with Gasteiger partial charge in [-0.15, -0.1) is 11.8 Å². The SMILES string of the molecule is CCCCCNC(=O)C1N([C@@H](CO)CC(C)C)C(=O)[C@@H]2[C@@H](C(=O)Nc3ccccc3)[C@H]3CCC12S3. The highest BCUT2D eigenvalue weighted by atomic mass is 32.2. The zero-order chi connectivity index (χ0) is 25.2. The van der Waals surface area contributed by atoms with Crippen molar-refractivity contribution < 1.29 is 19.5 Å². The molecule has 1 spiro atoms. The van der Waals surface area contributed by atoms with Gasteiger partial charge in [0.2, 0.25) is 17.7 Å². The zero-order valence-corrected chi connectivity index (χ0v) is 21.9. The van der Waals surface area contributed by atoms with E-state index in [9.17, 15) is 19.5 Å². The largest absolute Gasteiger partial charge is 0.394 e. The molecule has 3 saturated heterocycles. The molecule has 6 atom stereocenters. The number of likely N-dealkylation sites (tertiary alicyclic amines) is 1. The van der Waals surface area contributed by atoms with E-state index in [4.69, 9.17) is 0 Å². The average Bonchev–Trinajstić information content (AvgIpc) is 3.48. The molecule has 0 saturated carbocycles. The standard InChI is InChI=1S/C27H39N3O4S/c1-4-5-9-14-28-25(33)23-27-13-12-20(35-27)21(24(32)29-18-10-7-6-8-11-18)22(27)26(34)30(23)19(16-31)15-17(2)3/h6-8,10-11,17,19-23,31H,4-5,9,12-16H2,1-3H3,(H,28,33)(H,29,32)/t19-,20-,21+,22+,23?,27?/m1/s1. The summed E-state index contributed by atoms with van der Waals surface area (Å²) in [4.78, 5) is 42.9. The molecule has 35 heavy (non-hydrogen) atoms. The number of unbranched alkanes of at least 4 members (excludes halogenated alkanes) is 2. The van der Waals surface area contributed by atoms with Crippen molar-refractivity contribution in [2.75, 3.05) is 18.5 Å². The maximum atomic E-state index is 14.1. The van der Waals surface area contributed by atoms with E-state index in [-0.39, 0.29) is 35.5 Å². The fraction of sp³-hybridized carbons (Fsp3) is 0.667. The number of nitrogens with zero attached hydrogens (tertiary/aromatic N) is 1. The number of hydrogen-bond acceptors (Lipinski definition) is 5. The van der Waals surface area contributed by atoms with E-state index in [0.717, 1.165) is 32.1 Å². The van der Waals surface area contributed by atoms with Gasteiger partial charge in [-0.05, 0) is 43.7 Å². The minimum absolute atomic E-state index is 0.0166. The van der Waals surface area contributed by atoms with Gasteiger partial charge in [-0.1, -0.05) is 51.8 Å². The normalized spacial score (nSPS) is 30.0. The number of anilines is 1.